The number of amides is 1. The van der Waals surface area contributed by atoms with Gasteiger partial charge in [-0.05, 0) is 38.5 Å². The van der Waals surface area contributed by atoms with Crippen molar-refractivity contribution in [2.45, 2.75) is 32.9 Å². The Morgan fingerprint density at radius 3 is 2.56 bits per heavy atom. The highest BCUT2D eigenvalue weighted by Gasteiger charge is 2.25. The summed E-state index contributed by atoms with van der Waals surface area (Å²) < 4.78 is 5.43. The molecular formula is C18H27ClN4O2. The summed E-state index contributed by atoms with van der Waals surface area (Å²) in [5.41, 5.74) is 7.20. The van der Waals surface area contributed by atoms with Gasteiger partial charge in [-0.3, -0.25) is 4.90 Å². The lowest BCUT2D eigenvalue weighted by molar-refractivity contribution is 0.0139. The van der Waals surface area contributed by atoms with Crippen LogP contribution in [-0.2, 0) is 11.3 Å². The molecule has 0 atom stereocenters. The number of nitrogens with two attached hydrogens (primary N) is 1. The van der Waals surface area contributed by atoms with E-state index in [0.717, 1.165) is 30.9 Å². The van der Waals surface area contributed by atoms with Gasteiger partial charge in [0.25, 0.3) is 0 Å². The van der Waals surface area contributed by atoms with E-state index in [1.54, 1.807) is 4.90 Å². The zero-order chi connectivity index (χ0) is 18.4. The molecule has 0 aliphatic carbocycles. The van der Waals surface area contributed by atoms with E-state index < -0.39 is 5.60 Å². The van der Waals surface area contributed by atoms with Crippen LogP contribution in [0.2, 0.25) is 0 Å². The quantitative estimate of drug-likeness (QED) is 0.505. The van der Waals surface area contributed by atoms with E-state index in [1.807, 2.05) is 39.0 Å². The average Bonchev–Trinajstić information content (AvgIpc) is 2.54. The molecule has 0 radical (unpaired) electrons. The topological polar surface area (TPSA) is 71.2 Å². The Labute approximate surface area is 154 Å². The Balaban J connectivity index is 1.88. The Hall–Kier alpha value is -1.79. The molecule has 0 spiro atoms. The van der Waals surface area contributed by atoms with Crippen LogP contribution >= 0.6 is 11.6 Å². The molecule has 1 aliphatic heterocycles. The molecule has 6 nitrogen and oxygen atoms in total. The largest absolute Gasteiger partial charge is 0.444 e. The fourth-order valence-corrected chi connectivity index (χ4v) is 2.65. The van der Waals surface area contributed by atoms with E-state index in [-0.39, 0.29) is 12.0 Å². The van der Waals surface area contributed by atoms with Crippen molar-refractivity contribution in [3.05, 3.63) is 29.8 Å². The number of nitrogens with zero attached hydrogens (tertiary/aromatic N) is 3. The molecule has 1 aromatic rings. The molecule has 1 heterocycles. The first-order valence-corrected chi connectivity index (χ1v) is 8.98. The summed E-state index contributed by atoms with van der Waals surface area (Å²) in [6, 6.07) is 7.95. The maximum atomic E-state index is 12.1. The number of ether oxygens (including phenoxy) is 1. The van der Waals surface area contributed by atoms with Gasteiger partial charge < -0.3 is 15.4 Å². The molecule has 1 saturated heterocycles. The predicted molar refractivity (Wildman–Crippen MR) is 102 cm³/mol. The molecule has 1 aliphatic rings. The van der Waals surface area contributed by atoms with Gasteiger partial charge in [-0.25, -0.2) is 9.79 Å². The number of piperazine rings is 1. The number of carbonyl (C=O) groups is 1. The maximum absolute atomic E-state index is 12.1. The minimum atomic E-state index is -0.458. The number of alkyl halides is 1. The number of halogens is 1. The van der Waals surface area contributed by atoms with E-state index in [1.165, 1.54) is 0 Å². The summed E-state index contributed by atoms with van der Waals surface area (Å²) in [6.45, 7) is 9.44. The molecule has 1 amide bonds. The molecule has 0 bridgehead atoms. The highest BCUT2D eigenvalue weighted by Crippen LogP contribution is 2.17. The Bertz CT molecular complexity index is 620. The van der Waals surface area contributed by atoms with Crippen LogP contribution in [-0.4, -0.2) is 59.4 Å². The first-order chi connectivity index (χ1) is 11.8. The van der Waals surface area contributed by atoms with Gasteiger partial charge in [0.05, 0.1) is 11.6 Å². The highest BCUT2D eigenvalue weighted by molar-refractivity contribution is 6.28. The van der Waals surface area contributed by atoms with E-state index in [2.05, 4.69) is 16.0 Å². The van der Waals surface area contributed by atoms with Gasteiger partial charge in [-0.2, -0.15) is 0 Å². The molecule has 0 aromatic heterocycles. The molecule has 2 N–H and O–H groups in total. The average molecular weight is 367 g/mol. The molecule has 138 valence electrons. The van der Waals surface area contributed by atoms with E-state index in [4.69, 9.17) is 22.1 Å². The molecule has 1 fully saturated rings. The summed E-state index contributed by atoms with van der Waals surface area (Å²) in [5, 5.41) is 0. The standard InChI is InChI=1S/C18H27ClN4O2/c1-18(2,3)25-17(24)23-9-7-22(8-10-23)13-14-5-4-6-15(11-14)21-16(20)12-19/h4-6,11H,7-10,12-13H2,1-3H3,(H2,20,21). The van der Waals surface area contributed by atoms with Crippen LogP contribution in [0.15, 0.2) is 29.3 Å². The fraction of sp³-hybridized carbons (Fsp3) is 0.556. The molecule has 25 heavy (non-hydrogen) atoms. The monoisotopic (exact) mass is 366 g/mol. The van der Waals surface area contributed by atoms with Crippen LogP contribution < -0.4 is 5.73 Å². The third-order valence-electron chi connectivity index (χ3n) is 3.75. The number of hydrogen-bond donors (Lipinski definition) is 1. The van der Waals surface area contributed by atoms with Crippen molar-refractivity contribution >= 4 is 29.2 Å². The van der Waals surface area contributed by atoms with Gasteiger partial charge in [-0.1, -0.05) is 12.1 Å². The number of rotatable bonds is 4. The third-order valence-corrected chi connectivity index (χ3v) is 4.02. The second kappa shape index (κ2) is 8.54. The minimum Gasteiger partial charge on any atom is -0.444 e. The smallest absolute Gasteiger partial charge is 0.410 e. The zero-order valence-corrected chi connectivity index (χ0v) is 15.9. The third kappa shape index (κ3) is 6.55. The minimum absolute atomic E-state index is 0.219. The summed E-state index contributed by atoms with van der Waals surface area (Å²) in [4.78, 5) is 20.5. The summed E-state index contributed by atoms with van der Waals surface area (Å²) in [6.07, 6.45) is -0.236. The highest BCUT2D eigenvalue weighted by atomic mass is 35.5. The van der Waals surface area contributed by atoms with Crippen molar-refractivity contribution in [3.63, 3.8) is 0 Å². The summed E-state index contributed by atoms with van der Waals surface area (Å²) in [5.74, 6) is 0.626. The van der Waals surface area contributed by atoms with Crippen LogP contribution in [0.25, 0.3) is 0 Å². The van der Waals surface area contributed by atoms with Crippen molar-refractivity contribution in [2.75, 3.05) is 32.1 Å². The molecule has 7 heteroatoms. The van der Waals surface area contributed by atoms with Crippen molar-refractivity contribution in [3.8, 4) is 0 Å². The van der Waals surface area contributed by atoms with E-state index in [9.17, 15) is 4.79 Å². The Morgan fingerprint density at radius 2 is 1.96 bits per heavy atom. The fourth-order valence-electron chi connectivity index (χ4n) is 2.59. The number of carbonyl (C=O) groups excluding carboxylic acids is 1. The van der Waals surface area contributed by atoms with Gasteiger partial charge in [0.1, 0.15) is 11.4 Å². The zero-order valence-electron chi connectivity index (χ0n) is 15.2. The number of aliphatic imine (C=N–C) groups is 1. The second-order valence-corrected chi connectivity index (χ2v) is 7.42. The number of benzene rings is 1. The van der Waals surface area contributed by atoms with Crippen LogP contribution in [0.4, 0.5) is 10.5 Å². The van der Waals surface area contributed by atoms with Crippen molar-refractivity contribution in [1.29, 1.82) is 0 Å². The molecule has 0 unspecified atom stereocenters. The predicted octanol–water partition coefficient (Wildman–Crippen LogP) is 2.97. The molecular weight excluding hydrogens is 340 g/mol. The molecule has 1 aromatic carbocycles. The van der Waals surface area contributed by atoms with Crippen molar-refractivity contribution in [1.82, 2.24) is 9.80 Å². The van der Waals surface area contributed by atoms with Crippen LogP contribution in [0, 0.1) is 0 Å². The van der Waals surface area contributed by atoms with Gasteiger partial charge in [-0.15, -0.1) is 11.6 Å². The number of amidine groups is 1. The number of hydrogen-bond acceptors (Lipinski definition) is 4. The van der Waals surface area contributed by atoms with Gasteiger partial charge in [0, 0.05) is 32.7 Å². The van der Waals surface area contributed by atoms with Crippen molar-refractivity contribution < 1.29 is 9.53 Å². The van der Waals surface area contributed by atoms with Gasteiger partial charge in [0.15, 0.2) is 0 Å². The lowest BCUT2D eigenvalue weighted by Crippen LogP contribution is -2.49. The lowest BCUT2D eigenvalue weighted by atomic mass is 10.1. The first-order valence-electron chi connectivity index (χ1n) is 8.45. The maximum Gasteiger partial charge on any atom is 0.410 e. The van der Waals surface area contributed by atoms with E-state index in [0.29, 0.717) is 18.9 Å². The van der Waals surface area contributed by atoms with Crippen LogP contribution in [0.1, 0.15) is 26.3 Å². The SMILES string of the molecule is CC(C)(C)OC(=O)N1CCN(Cc2cccc(N=C(N)CCl)c2)CC1. The Morgan fingerprint density at radius 1 is 1.28 bits per heavy atom. The summed E-state index contributed by atoms with van der Waals surface area (Å²) in [7, 11) is 0. The van der Waals surface area contributed by atoms with Crippen LogP contribution in [0.5, 0.6) is 0 Å². The van der Waals surface area contributed by atoms with Gasteiger partial charge >= 0.3 is 6.09 Å². The first kappa shape index (κ1) is 19.5. The second-order valence-electron chi connectivity index (χ2n) is 7.15. The van der Waals surface area contributed by atoms with Crippen molar-refractivity contribution in [2.24, 2.45) is 10.7 Å². The summed E-state index contributed by atoms with van der Waals surface area (Å²) >= 11 is 5.67. The lowest BCUT2D eigenvalue weighted by Gasteiger charge is -2.35. The molecule has 0 saturated carbocycles. The van der Waals surface area contributed by atoms with Gasteiger partial charge in [0.2, 0.25) is 0 Å². The normalized spacial score (nSPS) is 16.8. The molecule has 2 rings (SSSR count). The van der Waals surface area contributed by atoms with E-state index >= 15 is 0 Å². The van der Waals surface area contributed by atoms with Crippen LogP contribution in [0.3, 0.4) is 0 Å². The Kier molecular flexibility index (Phi) is 6.67.